The number of ether oxygens (including phenoxy) is 2. The number of aliphatic hydroxyl groups is 1. The quantitative estimate of drug-likeness (QED) is 0.0976. The van der Waals surface area contributed by atoms with E-state index >= 15 is 0 Å². The van der Waals surface area contributed by atoms with Gasteiger partial charge in [-0.25, -0.2) is 8.42 Å². The summed E-state index contributed by atoms with van der Waals surface area (Å²) < 4.78 is 77.0. The summed E-state index contributed by atoms with van der Waals surface area (Å²) in [6, 6.07) is 12.9. The molecule has 1 fully saturated rings. The Balaban J connectivity index is 0.994. The second-order valence-electron chi connectivity index (χ2n) is 13.1. The Bertz CT molecular complexity index is 2210. The van der Waals surface area contributed by atoms with Gasteiger partial charge in [0, 0.05) is 36.6 Å². The minimum atomic E-state index is -4.89. The maximum atomic E-state index is 13.3. The third kappa shape index (κ3) is 10.1. The van der Waals surface area contributed by atoms with Crippen molar-refractivity contribution in [2.75, 3.05) is 61.2 Å². The number of halogens is 3. The van der Waals surface area contributed by atoms with E-state index in [2.05, 4.69) is 21.3 Å². The molecule has 302 valence electrons. The number of amides is 5. The molecule has 0 aromatic heterocycles. The Hall–Kier alpha value is -5.88. The zero-order valence-electron chi connectivity index (χ0n) is 30.3. The highest BCUT2D eigenvalue weighted by Gasteiger charge is 2.45. The van der Waals surface area contributed by atoms with E-state index < -0.39 is 79.8 Å². The van der Waals surface area contributed by atoms with E-state index in [0.29, 0.717) is 30.5 Å². The molecule has 2 atom stereocenters. The van der Waals surface area contributed by atoms with Crippen molar-refractivity contribution in [3.8, 4) is 6.07 Å². The fourth-order valence-corrected chi connectivity index (χ4v) is 7.62. The SMILES string of the molecule is CC(O)(CS(=O)(=O)c1ccc(NCCOCCOCCNc2cccc3c2C(=O)N(C2CCC(=O)NC2=O)C3=O)cc1)C(=O)Nc1ccc(C#N)c(C(F)(F)F)c1. The molecule has 1 saturated heterocycles. The van der Waals surface area contributed by atoms with Crippen LogP contribution < -0.4 is 21.3 Å². The van der Waals surface area contributed by atoms with E-state index in [-0.39, 0.29) is 55.3 Å². The number of sulfone groups is 1. The summed E-state index contributed by atoms with van der Waals surface area (Å²) in [6.45, 7) is 2.53. The molecular weight excluding hydrogens is 778 g/mol. The van der Waals surface area contributed by atoms with Crippen molar-refractivity contribution in [3.63, 3.8) is 0 Å². The first-order chi connectivity index (χ1) is 26.9. The summed E-state index contributed by atoms with van der Waals surface area (Å²) in [4.78, 5) is 63.4. The van der Waals surface area contributed by atoms with E-state index in [1.165, 1.54) is 36.4 Å². The summed E-state index contributed by atoms with van der Waals surface area (Å²) >= 11 is 0. The molecule has 0 saturated carbocycles. The monoisotopic (exact) mass is 814 g/mol. The molecule has 5 amide bonds. The number of nitrogens with zero attached hydrogens (tertiary/aromatic N) is 2. The molecule has 5 rings (SSSR count). The van der Waals surface area contributed by atoms with Crippen LogP contribution >= 0.6 is 0 Å². The van der Waals surface area contributed by atoms with Gasteiger partial charge in [0.1, 0.15) is 6.04 Å². The molecule has 0 radical (unpaired) electrons. The Morgan fingerprint density at radius 1 is 0.947 bits per heavy atom. The number of anilines is 3. The molecule has 3 aromatic rings. The van der Waals surface area contributed by atoms with Crippen LogP contribution in [-0.4, -0.2) is 105 Å². The maximum absolute atomic E-state index is 13.3. The van der Waals surface area contributed by atoms with E-state index in [1.807, 2.05) is 0 Å². The number of rotatable bonds is 17. The van der Waals surface area contributed by atoms with Crippen molar-refractivity contribution in [2.24, 2.45) is 0 Å². The number of nitrogens with one attached hydrogen (secondary N) is 4. The van der Waals surface area contributed by atoms with Gasteiger partial charge in [-0.05, 0) is 67.9 Å². The highest BCUT2D eigenvalue weighted by molar-refractivity contribution is 7.91. The number of carbonyl (C=O) groups excluding carboxylic acids is 5. The van der Waals surface area contributed by atoms with Crippen LogP contribution in [0.4, 0.5) is 30.2 Å². The van der Waals surface area contributed by atoms with Gasteiger partial charge in [-0.3, -0.25) is 34.2 Å². The fourth-order valence-electron chi connectivity index (χ4n) is 6.03. The van der Waals surface area contributed by atoms with Crippen molar-refractivity contribution in [1.29, 1.82) is 5.26 Å². The fraction of sp³-hybridized carbons (Fsp3) is 0.351. The van der Waals surface area contributed by atoms with Gasteiger partial charge in [0.25, 0.3) is 17.7 Å². The van der Waals surface area contributed by atoms with Crippen molar-refractivity contribution >= 4 is 56.4 Å². The van der Waals surface area contributed by atoms with Gasteiger partial charge in [-0.15, -0.1) is 0 Å². The number of hydrogen-bond donors (Lipinski definition) is 5. The molecule has 16 nitrogen and oxygen atoms in total. The zero-order chi connectivity index (χ0) is 41.5. The molecule has 2 unspecified atom stereocenters. The van der Waals surface area contributed by atoms with Crippen LogP contribution in [0.3, 0.4) is 0 Å². The minimum absolute atomic E-state index is 0.0186. The lowest BCUT2D eigenvalue weighted by Crippen LogP contribution is -2.54. The van der Waals surface area contributed by atoms with Crippen LogP contribution in [0, 0.1) is 11.3 Å². The lowest BCUT2D eigenvalue weighted by Gasteiger charge is -2.27. The van der Waals surface area contributed by atoms with Gasteiger partial charge >= 0.3 is 6.18 Å². The lowest BCUT2D eigenvalue weighted by atomic mass is 10.0. The number of hydrogen-bond acceptors (Lipinski definition) is 13. The van der Waals surface area contributed by atoms with E-state index in [1.54, 1.807) is 12.1 Å². The van der Waals surface area contributed by atoms with Gasteiger partial charge in [-0.1, -0.05) is 6.07 Å². The number of nitriles is 1. The molecular formula is C37H37F3N6O10S. The Labute approximate surface area is 324 Å². The van der Waals surface area contributed by atoms with Crippen LogP contribution in [0.1, 0.15) is 51.6 Å². The summed E-state index contributed by atoms with van der Waals surface area (Å²) in [6.07, 6.45) is -4.82. The van der Waals surface area contributed by atoms with E-state index in [4.69, 9.17) is 14.7 Å². The van der Waals surface area contributed by atoms with Crippen LogP contribution in [0.25, 0.3) is 0 Å². The first-order valence-corrected chi connectivity index (χ1v) is 19.0. The number of alkyl halides is 3. The van der Waals surface area contributed by atoms with Gasteiger partial charge in [0.2, 0.25) is 11.8 Å². The molecule has 0 aliphatic carbocycles. The molecule has 2 aliphatic heterocycles. The summed E-state index contributed by atoms with van der Waals surface area (Å²) in [7, 11) is -4.25. The molecule has 5 N–H and O–H groups in total. The number of fused-ring (bicyclic) bond motifs is 1. The predicted molar refractivity (Wildman–Crippen MR) is 196 cm³/mol. The Morgan fingerprint density at radius 2 is 1.60 bits per heavy atom. The summed E-state index contributed by atoms with van der Waals surface area (Å²) in [5, 5.41) is 30.0. The third-order valence-electron chi connectivity index (χ3n) is 8.85. The van der Waals surface area contributed by atoms with E-state index in [0.717, 1.165) is 24.0 Å². The van der Waals surface area contributed by atoms with Gasteiger partial charge < -0.3 is 30.5 Å². The molecule has 2 aliphatic rings. The third-order valence-corrected chi connectivity index (χ3v) is 10.8. The van der Waals surface area contributed by atoms with Crippen LogP contribution in [0.5, 0.6) is 0 Å². The first kappa shape index (κ1) is 42.3. The average Bonchev–Trinajstić information content (AvgIpc) is 3.40. The summed E-state index contributed by atoms with van der Waals surface area (Å²) in [5.41, 5.74) is -3.66. The largest absolute Gasteiger partial charge is 0.417 e. The van der Waals surface area contributed by atoms with Crippen LogP contribution in [0.15, 0.2) is 65.6 Å². The molecule has 2 heterocycles. The zero-order valence-corrected chi connectivity index (χ0v) is 31.1. The molecule has 20 heteroatoms. The van der Waals surface area contributed by atoms with Crippen molar-refractivity contribution in [1.82, 2.24) is 10.2 Å². The number of imide groups is 2. The summed E-state index contributed by atoms with van der Waals surface area (Å²) in [5.74, 6) is -4.72. The van der Waals surface area contributed by atoms with Gasteiger partial charge in [0.05, 0.1) is 65.4 Å². The smallest absolute Gasteiger partial charge is 0.383 e. The minimum Gasteiger partial charge on any atom is -0.383 e. The van der Waals surface area contributed by atoms with E-state index in [9.17, 15) is 50.7 Å². The number of carbonyl (C=O) groups is 5. The van der Waals surface area contributed by atoms with Crippen molar-refractivity contribution < 1.29 is 60.1 Å². The second-order valence-corrected chi connectivity index (χ2v) is 15.1. The van der Waals surface area contributed by atoms with Crippen molar-refractivity contribution in [3.05, 3.63) is 82.9 Å². The van der Waals surface area contributed by atoms with Crippen LogP contribution in [0.2, 0.25) is 0 Å². The highest BCUT2D eigenvalue weighted by atomic mass is 32.2. The average molecular weight is 815 g/mol. The second kappa shape index (κ2) is 17.5. The Kier molecular flexibility index (Phi) is 13.0. The van der Waals surface area contributed by atoms with Crippen LogP contribution in [-0.2, 0) is 39.9 Å². The number of piperidine rings is 1. The highest BCUT2D eigenvalue weighted by Crippen LogP contribution is 2.34. The number of benzene rings is 3. The van der Waals surface area contributed by atoms with Crippen molar-refractivity contribution in [2.45, 2.75) is 42.5 Å². The Morgan fingerprint density at radius 3 is 2.23 bits per heavy atom. The van der Waals surface area contributed by atoms with Gasteiger partial charge in [-0.2, -0.15) is 18.4 Å². The predicted octanol–water partition coefficient (Wildman–Crippen LogP) is 2.70. The first-order valence-electron chi connectivity index (χ1n) is 17.4. The maximum Gasteiger partial charge on any atom is 0.417 e. The topological polar surface area (TPSA) is 233 Å². The lowest BCUT2D eigenvalue weighted by molar-refractivity contribution is -0.138. The normalized spacial score (nSPS) is 16.7. The molecule has 0 spiro atoms. The molecule has 57 heavy (non-hydrogen) atoms. The molecule has 3 aromatic carbocycles. The van der Waals surface area contributed by atoms with Gasteiger partial charge in [0.15, 0.2) is 15.4 Å². The standard InChI is InChI=1S/C37H37F3N6O10S/c1-36(52,35(51)44-24-6-5-22(20-41)27(19-24)37(38,39)40)21-57(53,54)25-9-7-23(8-10-25)42-13-15-55-17-18-56-16-14-43-28-4-2-3-26-31(28)34(50)46(33(26)49)29-11-12-30(47)45-32(29)48/h2-10,19,29,42-43,52H,11-18,21H2,1H3,(H,44,51)(H,45,47,48). The molecule has 0 bridgehead atoms.